The zero-order valence-corrected chi connectivity index (χ0v) is 21.5. The Balaban J connectivity index is 1.86. The fourth-order valence-corrected chi connectivity index (χ4v) is 8.15. The van der Waals surface area contributed by atoms with Crippen molar-refractivity contribution in [3.05, 3.63) is 51.1 Å². The summed E-state index contributed by atoms with van der Waals surface area (Å²) < 4.78 is 0. The van der Waals surface area contributed by atoms with E-state index in [1.54, 1.807) is 22.3 Å². The second-order valence-corrected chi connectivity index (χ2v) is 11.6. The molecule has 0 spiro atoms. The summed E-state index contributed by atoms with van der Waals surface area (Å²) in [5.41, 5.74) is 18.6. The summed E-state index contributed by atoms with van der Waals surface area (Å²) in [4.78, 5) is 5.28. The molecule has 0 aromatic heterocycles. The summed E-state index contributed by atoms with van der Waals surface area (Å²) in [6.45, 7) is 19.7. The summed E-state index contributed by atoms with van der Waals surface area (Å²) in [6.07, 6.45) is 7.60. The molecular weight excluding hydrogens is 387 g/mol. The van der Waals surface area contributed by atoms with E-state index in [0.717, 1.165) is 0 Å². The molecule has 0 amide bonds. The molecule has 4 aliphatic rings. The molecule has 2 atom stereocenters. The van der Waals surface area contributed by atoms with Crippen LogP contribution in [0.15, 0.2) is 12.2 Å². The molecule has 166 valence electrons. The summed E-state index contributed by atoms with van der Waals surface area (Å²) in [5.74, 6) is 2.49. The number of rotatable bonds is 0. The highest BCUT2D eigenvalue weighted by Gasteiger charge is 2.62. The zero-order valence-electron chi connectivity index (χ0n) is 21.5. The summed E-state index contributed by atoms with van der Waals surface area (Å²) in [6, 6.07) is 0. The molecule has 2 aromatic carbocycles. The molecule has 3 heteroatoms. The van der Waals surface area contributed by atoms with Gasteiger partial charge in [-0.1, -0.05) is 25.7 Å². The molecule has 3 heterocycles. The first-order valence-electron chi connectivity index (χ1n) is 12.5. The molecule has 1 saturated carbocycles. The van der Waals surface area contributed by atoms with Crippen LogP contribution < -0.4 is 15.2 Å². The number of fused-ring (bicyclic) bond motifs is 5. The smallest absolute Gasteiger partial charge is 0.320 e. The number of hydrogen-bond acceptors (Lipinski definition) is 2. The van der Waals surface area contributed by atoms with Gasteiger partial charge in [0, 0.05) is 34.9 Å². The Hall–Kier alpha value is -2.16. The summed E-state index contributed by atoms with van der Waals surface area (Å²) in [5, 5.41) is 0. The molecular formula is C29H37BN2. The van der Waals surface area contributed by atoms with Gasteiger partial charge in [-0.2, -0.15) is 0 Å². The topological polar surface area (TPSA) is 6.48 Å². The number of benzene rings is 2. The predicted molar refractivity (Wildman–Crippen MR) is 140 cm³/mol. The van der Waals surface area contributed by atoms with E-state index in [9.17, 15) is 0 Å². The van der Waals surface area contributed by atoms with Crippen molar-refractivity contribution < 1.29 is 0 Å². The number of hydrogen-bond donors (Lipinski definition) is 0. The highest BCUT2D eigenvalue weighted by molar-refractivity contribution is 6.85. The second kappa shape index (κ2) is 6.04. The third kappa shape index (κ3) is 1.97. The van der Waals surface area contributed by atoms with E-state index >= 15 is 0 Å². The molecule has 2 unspecified atom stereocenters. The average Bonchev–Trinajstić information content (AvgIpc) is 2.97. The Morgan fingerprint density at radius 3 is 2.09 bits per heavy atom. The lowest BCUT2D eigenvalue weighted by Gasteiger charge is -2.54. The van der Waals surface area contributed by atoms with Crippen molar-refractivity contribution in [3.63, 3.8) is 0 Å². The van der Waals surface area contributed by atoms with Crippen LogP contribution in [0.2, 0.25) is 0 Å². The van der Waals surface area contributed by atoms with Crippen LogP contribution in [-0.2, 0) is 5.41 Å². The Labute approximate surface area is 194 Å². The standard InChI is InChI=1S/C29H37BN2/c1-16-19(4)23-22-18(3)17(2)21(6)26-25(22)30(14-15-31(26)9)32-27(23)24(20(16)5)28(7)12-10-11-13-29(28,32)8/h14-15H,10-13H2,1-9H3. The van der Waals surface area contributed by atoms with Crippen LogP contribution in [0.4, 0.5) is 11.4 Å². The Bertz CT molecular complexity index is 1260. The molecule has 1 fully saturated rings. The van der Waals surface area contributed by atoms with Crippen LogP contribution in [0.1, 0.15) is 78.5 Å². The first kappa shape index (κ1) is 20.5. The van der Waals surface area contributed by atoms with Crippen molar-refractivity contribution in [3.8, 4) is 11.1 Å². The lowest BCUT2D eigenvalue weighted by Crippen LogP contribution is -2.66. The minimum atomic E-state index is 0.153. The molecule has 1 aliphatic carbocycles. The zero-order chi connectivity index (χ0) is 22.9. The van der Waals surface area contributed by atoms with E-state index in [4.69, 9.17) is 0 Å². The van der Waals surface area contributed by atoms with Gasteiger partial charge in [0.25, 0.3) is 0 Å². The van der Waals surface area contributed by atoms with Crippen molar-refractivity contribution in [2.75, 3.05) is 16.8 Å². The van der Waals surface area contributed by atoms with Gasteiger partial charge in [-0.15, -0.1) is 0 Å². The Morgan fingerprint density at radius 1 is 0.750 bits per heavy atom. The summed E-state index contributed by atoms with van der Waals surface area (Å²) >= 11 is 0. The molecule has 32 heavy (non-hydrogen) atoms. The van der Waals surface area contributed by atoms with Gasteiger partial charge in [0.1, 0.15) is 0 Å². The van der Waals surface area contributed by atoms with E-state index in [-0.39, 0.29) is 11.0 Å². The quantitative estimate of drug-likeness (QED) is 0.456. The van der Waals surface area contributed by atoms with Crippen molar-refractivity contribution in [2.45, 2.75) is 92.0 Å². The average molecular weight is 424 g/mol. The third-order valence-corrected chi connectivity index (χ3v) is 10.5. The van der Waals surface area contributed by atoms with Crippen molar-refractivity contribution in [1.29, 1.82) is 0 Å². The van der Waals surface area contributed by atoms with Gasteiger partial charge in [-0.05, 0) is 117 Å². The largest absolute Gasteiger partial charge is 0.400 e. The molecule has 0 bridgehead atoms. The van der Waals surface area contributed by atoms with Gasteiger partial charge in [-0.3, -0.25) is 0 Å². The van der Waals surface area contributed by atoms with Crippen LogP contribution in [0, 0.1) is 41.5 Å². The maximum absolute atomic E-state index is 2.90. The van der Waals surface area contributed by atoms with E-state index in [0.29, 0.717) is 6.85 Å². The van der Waals surface area contributed by atoms with E-state index in [1.165, 1.54) is 70.3 Å². The van der Waals surface area contributed by atoms with Gasteiger partial charge < -0.3 is 9.71 Å². The molecule has 0 radical (unpaired) electrons. The third-order valence-electron chi connectivity index (χ3n) is 10.5. The lowest BCUT2D eigenvalue weighted by molar-refractivity contribution is 0.198. The highest BCUT2D eigenvalue weighted by Crippen LogP contribution is 2.64. The molecule has 2 nitrogen and oxygen atoms in total. The monoisotopic (exact) mass is 424 g/mol. The predicted octanol–water partition coefficient (Wildman–Crippen LogP) is 6.33. The van der Waals surface area contributed by atoms with Gasteiger partial charge in [0.2, 0.25) is 0 Å². The minimum absolute atomic E-state index is 0.153. The van der Waals surface area contributed by atoms with Gasteiger partial charge in [0.15, 0.2) is 0 Å². The van der Waals surface area contributed by atoms with Crippen LogP contribution in [0.3, 0.4) is 0 Å². The first-order valence-corrected chi connectivity index (χ1v) is 12.5. The van der Waals surface area contributed by atoms with E-state index in [1.807, 2.05) is 0 Å². The molecule has 6 rings (SSSR count). The molecule has 3 aliphatic heterocycles. The maximum atomic E-state index is 2.90. The van der Waals surface area contributed by atoms with E-state index < -0.39 is 0 Å². The SMILES string of the molecule is Cc1c(C)c2c3c(c1C)N(C)C=CB3N1c3c-2c(C)c(C)c(C)c3C2(C)CCCCC12C. The van der Waals surface area contributed by atoms with Crippen LogP contribution in [0.25, 0.3) is 11.1 Å². The lowest BCUT2D eigenvalue weighted by atomic mass is 9.46. The van der Waals surface area contributed by atoms with E-state index in [2.05, 4.69) is 84.3 Å². The fourth-order valence-electron chi connectivity index (χ4n) is 8.15. The highest BCUT2D eigenvalue weighted by atomic mass is 15.2. The molecule has 0 N–H and O–H groups in total. The van der Waals surface area contributed by atoms with Crippen LogP contribution >= 0.6 is 0 Å². The number of anilines is 2. The first-order chi connectivity index (χ1) is 15.1. The van der Waals surface area contributed by atoms with Gasteiger partial charge in [-0.25, -0.2) is 0 Å². The Kier molecular flexibility index (Phi) is 3.86. The maximum Gasteiger partial charge on any atom is 0.320 e. The molecule has 2 aromatic rings. The fraction of sp³-hybridized carbons (Fsp3) is 0.517. The van der Waals surface area contributed by atoms with Crippen LogP contribution in [-0.4, -0.2) is 19.4 Å². The normalized spacial score (nSPS) is 27.0. The van der Waals surface area contributed by atoms with Gasteiger partial charge in [0.05, 0.1) is 0 Å². The number of nitrogens with zero attached hydrogens (tertiary/aromatic N) is 2. The second-order valence-electron chi connectivity index (χ2n) is 11.6. The van der Waals surface area contributed by atoms with Crippen molar-refractivity contribution in [1.82, 2.24) is 0 Å². The van der Waals surface area contributed by atoms with Crippen molar-refractivity contribution >= 4 is 23.7 Å². The van der Waals surface area contributed by atoms with Gasteiger partial charge >= 0.3 is 6.85 Å². The van der Waals surface area contributed by atoms with Crippen LogP contribution in [0.5, 0.6) is 0 Å². The minimum Gasteiger partial charge on any atom is -0.400 e. The Morgan fingerprint density at radius 2 is 1.38 bits per heavy atom. The summed E-state index contributed by atoms with van der Waals surface area (Å²) in [7, 11) is 2.23. The van der Waals surface area contributed by atoms with Crippen molar-refractivity contribution in [2.24, 2.45) is 0 Å². The molecule has 0 saturated heterocycles.